The van der Waals surface area contributed by atoms with Gasteiger partial charge in [-0.1, -0.05) is 0 Å². The van der Waals surface area contributed by atoms with Crippen LogP contribution in [-0.2, 0) is 0 Å². The molecule has 3 heteroatoms. The van der Waals surface area contributed by atoms with E-state index in [2.05, 4.69) is 21.3 Å². The van der Waals surface area contributed by atoms with Gasteiger partial charge in [0.05, 0.1) is 17.6 Å². The maximum Gasteiger partial charge on any atom is 0.0788 e. The molecule has 15 heavy (non-hydrogen) atoms. The van der Waals surface area contributed by atoms with Crippen molar-refractivity contribution < 1.29 is 0 Å². The second-order valence-corrected chi connectivity index (χ2v) is 4.56. The first kappa shape index (κ1) is 9.01. The first-order valence-corrected chi connectivity index (χ1v) is 5.86. The van der Waals surface area contributed by atoms with Gasteiger partial charge in [-0.15, -0.1) is 0 Å². The molecule has 1 aromatic rings. The van der Waals surface area contributed by atoms with Crippen LogP contribution in [0.25, 0.3) is 0 Å². The minimum Gasteiger partial charge on any atom is -0.383 e. The molecule has 0 atom stereocenters. The van der Waals surface area contributed by atoms with Gasteiger partial charge in [0, 0.05) is 25.8 Å². The van der Waals surface area contributed by atoms with Gasteiger partial charge in [-0.3, -0.25) is 4.98 Å². The van der Waals surface area contributed by atoms with E-state index in [1.54, 1.807) is 0 Å². The second kappa shape index (κ2) is 3.72. The highest BCUT2D eigenvalue weighted by Crippen LogP contribution is 2.34. The normalized spacial score (nSPS) is 20.4. The van der Waals surface area contributed by atoms with E-state index in [1.807, 2.05) is 12.4 Å². The van der Waals surface area contributed by atoms with Crippen LogP contribution in [0.1, 0.15) is 19.3 Å². The van der Waals surface area contributed by atoms with Crippen LogP contribution < -0.4 is 10.2 Å². The van der Waals surface area contributed by atoms with Crippen LogP contribution in [0.15, 0.2) is 18.5 Å². The molecular weight excluding hydrogens is 186 g/mol. The topological polar surface area (TPSA) is 28.2 Å². The lowest BCUT2D eigenvalue weighted by Gasteiger charge is -2.23. The zero-order valence-corrected chi connectivity index (χ0v) is 8.95. The summed E-state index contributed by atoms with van der Waals surface area (Å²) < 4.78 is 0. The molecular formula is C12H17N3. The summed E-state index contributed by atoms with van der Waals surface area (Å²) in [7, 11) is 0. The number of anilines is 2. The molecule has 2 heterocycles. The second-order valence-electron chi connectivity index (χ2n) is 4.56. The Bertz CT molecular complexity index is 346. The fourth-order valence-electron chi connectivity index (χ4n) is 2.20. The molecule has 3 nitrogen and oxygen atoms in total. The number of rotatable bonds is 2. The van der Waals surface area contributed by atoms with Crippen LogP contribution in [-0.4, -0.2) is 24.6 Å². The van der Waals surface area contributed by atoms with Gasteiger partial charge in [0.2, 0.25) is 0 Å². The minimum atomic E-state index is 0.941. The number of nitrogens with one attached hydrogen (secondary N) is 1. The standard InChI is InChI=1S/C12H17N3/c1-5-14-11-4-6-13-8-12(11)15(7-1)9-10-2-3-10/h4,6,8,10,14H,1-3,5,7,9H2. The number of nitrogens with zero attached hydrogens (tertiary/aromatic N) is 2. The van der Waals surface area contributed by atoms with Gasteiger partial charge in [0.25, 0.3) is 0 Å². The molecule has 0 unspecified atom stereocenters. The summed E-state index contributed by atoms with van der Waals surface area (Å²) >= 11 is 0. The van der Waals surface area contributed by atoms with Crippen molar-refractivity contribution in [3.63, 3.8) is 0 Å². The van der Waals surface area contributed by atoms with E-state index < -0.39 is 0 Å². The molecule has 80 valence electrons. The van der Waals surface area contributed by atoms with Crippen LogP contribution >= 0.6 is 0 Å². The number of aromatic nitrogens is 1. The van der Waals surface area contributed by atoms with Crippen LogP contribution in [0.5, 0.6) is 0 Å². The van der Waals surface area contributed by atoms with Crippen molar-refractivity contribution in [3.8, 4) is 0 Å². The molecule has 1 fully saturated rings. The zero-order chi connectivity index (χ0) is 10.1. The third-order valence-electron chi connectivity index (χ3n) is 3.24. The summed E-state index contributed by atoms with van der Waals surface area (Å²) in [4.78, 5) is 6.74. The zero-order valence-electron chi connectivity index (χ0n) is 8.95. The summed E-state index contributed by atoms with van der Waals surface area (Å²) in [6.07, 6.45) is 7.92. The van der Waals surface area contributed by atoms with Crippen LogP contribution in [0.2, 0.25) is 0 Å². The Kier molecular flexibility index (Phi) is 2.24. The van der Waals surface area contributed by atoms with Gasteiger partial charge in [0.15, 0.2) is 0 Å². The number of hydrogen-bond donors (Lipinski definition) is 1. The molecule has 1 saturated carbocycles. The van der Waals surface area contributed by atoms with Crippen molar-refractivity contribution in [2.45, 2.75) is 19.3 Å². The largest absolute Gasteiger partial charge is 0.383 e. The minimum absolute atomic E-state index is 0.941. The monoisotopic (exact) mass is 203 g/mol. The van der Waals surface area contributed by atoms with Gasteiger partial charge in [-0.25, -0.2) is 0 Å². The summed E-state index contributed by atoms with van der Waals surface area (Å²) in [5.74, 6) is 0.941. The maximum absolute atomic E-state index is 4.24. The molecule has 0 radical (unpaired) electrons. The maximum atomic E-state index is 4.24. The molecule has 1 aromatic heterocycles. The highest BCUT2D eigenvalue weighted by molar-refractivity contribution is 5.69. The van der Waals surface area contributed by atoms with Crippen molar-refractivity contribution in [2.75, 3.05) is 29.9 Å². The predicted molar refractivity (Wildman–Crippen MR) is 62.3 cm³/mol. The van der Waals surface area contributed by atoms with E-state index in [0.717, 1.165) is 12.5 Å². The lowest BCUT2D eigenvalue weighted by molar-refractivity contribution is 0.707. The van der Waals surface area contributed by atoms with Crippen molar-refractivity contribution in [2.24, 2.45) is 5.92 Å². The summed E-state index contributed by atoms with van der Waals surface area (Å²) in [6, 6.07) is 2.08. The summed E-state index contributed by atoms with van der Waals surface area (Å²) in [6.45, 7) is 3.47. The Balaban J connectivity index is 1.86. The lowest BCUT2D eigenvalue weighted by atomic mass is 10.3. The Labute approximate surface area is 90.5 Å². The van der Waals surface area contributed by atoms with Crippen molar-refractivity contribution in [3.05, 3.63) is 18.5 Å². The van der Waals surface area contributed by atoms with E-state index in [0.29, 0.717) is 0 Å². The van der Waals surface area contributed by atoms with Gasteiger partial charge < -0.3 is 10.2 Å². The molecule has 0 bridgehead atoms. The van der Waals surface area contributed by atoms with Crippen molar-refractivity contribution >= 4 is 11.4 Å². The SMILES string of the molecule is c1cc2c(cn1)N(CC1CC1)CCCN2. The molecule has 0 aromatic carbocycles. The van der Waals surface area contributed by atoms with Crippen LogP contribution in [0, 0.1) is 5.92 Å². The van der Waals surface area contributed by atoms with Crippen molar-refractivity contribution in [1.82, 2.24) is 4.98 Å². The van der Waals surface area contributed by atoms with Crippen molar-refractivity contribution in [1.29, 1.82) is 0 Å². The smallest absolute Gasteiger partial charge is 0.0788 e. The number of fused-ring (bicyclic) bond motifs is 1. The van der Waals surface area contributed by atoms with Crippen LogP contribution in [0.3, 0.4) is 0 Å². The molecule has 0 saturated heterocycles. The Hall–Kier alpha value is -1.25. The van der Waals surface area contributed by atoms with E-state index in [1.165, 1.54) is 43.7 Å². The molecule has 0 amide bonds. The molecule has 1 aliphatic carbocycles. The fourth-order valence-corrected chi connectivity index (χ4v) is 2.20. The average Bonchev–Trinajstić information content (AvgIpc) is 3.07. The Morgan fingerprint density at radius 1 is 1.47 bits per heavy atom. The molecule has 0 spiro atoms. The third-order valence-corrected chi connectivity index (χ3v) is 3.24. The van der Waals surface area contributed by atoms with E-state index in [-0.39, 0.29) is 0 Å². The van der Waals surface area contributed by atoms with E-state index in [4.69, 9.17) is 0 Å². The lowest BCUT2D eigenvalue weighted by Crippen LogP contribution is -2.26. The highest BCUT2D eigenvalue weighted by atomic mass is 15.2. The molecule has 1 N–H and O–H groups in total. The first-order chi connectivity index (χ1) is 7.43. The van der Waals surface area contributed by atoms with E-state index >= 15 is 0 Å². The molecule has 3 rings (SSSR count). The third kappa shape index (κ3) is 1.91. The van der Waals surface area contributed by atoms with Crippen LogP contribution in [0.4, 0.5) is 11.4 Å². The Morgan fingerprint density at radius 3 is 3.27 bits per heavy atom. The average molecular weight is 203 g/mol. The fraction of sp³-hybridized carbons (Fsp3) is 0.583. The first-order valence-electron chi connectivity index (χ1n) is 5.86. The highest BCUT2D eigenvalue weighted by Gasteiger charge is 2.26. The van der Waals surface area contributed by atoms with Gasteiger partial charge in [-0.2, -0.15) is 0 Å². The number of hydrogen-bond acceptors (Lipinski definition) is 3. The Morgan fingerprint density at radius 2 is 2.40 bits per heavy atom. The number of pyridine rings is 1. The summed E-state index contributed by atoms with van der Waals surface area (Å²) in [5.41, 5.74) is 2.55. The van der Waals surface area contributed by atoms with Gasteiger partial charge in [-0.05, 0) is 31.2 Å². The van der Waals surface area contributed by atoms with Gasteiger partial charge >= 0.3 is 0 Å². The molecule has 2 aliphatic rings. The quantitative estimate of drug-likeness (QED) is 0.798. The van der Waals surface area contributed by atoms with Gasteiger partial charge in [0.1, 0.15) is 0 Å². The summed E-state index contributed by atoms with van der Waals surface area (Å²) in [5, 5.41) is 3.47. The predicted octanol–water partition coefficient (Wildman–Crippen LogP) is 2.11. The van der Waals surface area contributed by atoms with E-state index in [9.17, 15) is 0 Å². The molecule has 1 aliphatic heterocycles.